The molecule has 1 aliphatic rings. The second kappa shape index (κ2) is 47.5. The van der Waals surface area contributed by atoms with Crippen molar-refractivity contribution < 1.29 is 19.7 Å². The Hall–Kier alpha value is -1.65. The molecule has 2 rings (SSSR count). The second-order valence-electron chi connectivity index (χ2n) is 7.98. The third kappa shape index (κ3) is 41.7. The van der Waals surface area contributed by atoms with Gasteiger partial charge in [0.2, 0.25) is 0 Å². The number of carbonyl (C=O) groups excluding carboxylic acids is 1. The molecule has 0 spiro atoms. The number of allylic oxidation sites excluding steroid dienone is 2. The number of carbonyl (C=O) groups is 1. The average Bonchev–Trinajstić information content (AvgIpc) is 3.50. The van der Waals surface area contributed by atoms with Gasteiger partial charge in [-0.15, -0.1) is 0 Å². The molecule has 0 aromatic heterocycles. The third-order valence-corrected chi connectivity index (χ3v) is 5.11. The SMILES string of the molecule is C/C=C\CCCC(=O)OC.CC.CC.CCC.CO.CO.c1ccc(CCCCCC2CCCC2)cc1. The Kier molecular flexibility index (Phi) is 58.2. The number of ether oxygens (including phenoxy) is 1. The van der Waals surface area contributed by atoms with Crippen LogP contribution in [-0.4, -0.2) is 37.5 Å². The van der Waals surface area contributed by atoms with Crippen LogP contribution in [0.25, 0.3) is 0 Å². The molecule has 0 aliphatic heterocycles. The summed E-state index contributed by atoms with van der Waals surface area (Å²) >= 11 is 0. The van der Waals surface area contributed by atoms with Crippen LogP contribution in [0.2, 0.25) is 0 Å². The lowest BCUT2D eigenvalue weighted by atomic mass is 9.98. The highest BCUT2D eigenvalue weighted by Crippen LogP contribution is 2.29. The van der Waals surface area contributed by atoms with Crippen LogP contribution in [0, 0.1) is 5.92 Å². The van der Waals surface area contributed by atoms with Crippen LogP contribution in [0.5, 0.6) is 0 Å². The van der Waals surface area contributed by atoms with E-state index in [0.29, 0.717) is 6.42 Å². The topological polar surface area (TPSA) is 66.8 Å². The summed E-state index contributed by atoms with van der Waals surface area (Å²) in [4.78, 5) is 10.5. The molecule has 4 heteroatoms. The fourth-order valence-corrected chi connectivity index (χ4v) is 3.52. The van der Waals surface area contributed by atoms with Gasteiger partial charge in [0.05, 0.1) is 7.11 Å². The number of hydrogen-bond donors (Lipinski definition) is 2. The van der Waals surface area contributed by atoms with E-state index < -0.39 is 0 Å². The number of benzene rings is 1. The molecule has 0 bridgehead atoms. The lowest BCUT2D eigenvalue weighted by Crippen LogP contribution is -1.98. The zero-order chi connectivity index (χ0) is 29.6. The van der Waals surface area contributed by atoms with Gasteiger partial charge in [0.15, 0.2) is 0 Å². The van der Waals surface area contributed by atoms with E-state index in [2.05, 4.69) is 48.9 Å². The predicted molar refractivity (Wildman–Crippen MR) is 166 cm³/mol. The normalized spacial score (nSPS) is 11.1. The Bertz CT molecular complexity index is 494. The number of esters is 1. The van der Waals surface area contributed by atoms with E-state index in [9.17, 15) is 4.79 Å². The highest BCUT2D eigenvalue weighted by atomic mass is 16.5. The van der Waals surface area contributed by atoms with Crippen molar-refractivity contribution in [2.45, 2.75) is 132 Å². The number of aryl methyl sites for hydroxylation is 1. The monoisotopic (exact) mass is 526 g/mol. The summed E-state index contributed by atoms with van der Waals surface area (Å²) in [5.74, 6) is 0.959. The molecule has 37 heavy (non-hydrogen) atoms. The zero-order valence-electron chi connectivity index (χ0n) is 26.5. The standard InChI is InChI=1S/C16H24.C8H14O2.C3H8.2C2H6.2CH4O/c1-3-9-15(10-4-1)11-5-2-6-12-16-13-7-8-14-16;1-3-4-5-6-7-8(9)10-2;1-3-2;4*1-2/h1,3-4,9-10,16H,2,5-8,11-14H2;3-4H,5-7H2,1-2H3;3H2,1-2H3;2*1-2H3;2*2H,1H3/b;4-3-;;;;;. The van der Waals surface area contributed by atoms with Gasteiger partial charge in [-0.25, -0.2) is 0 Å². The molecule has 222 valence electrons. The Morgan fingerprint density at radius 3 is 1.86 bits per heavy atom. The molecule has 2 N–H and O–H groups in total. The Morgan fingerprint density at radius 2 is 1.41 bits per heavy atom. The van der Waals surface area contributed by atoms with E-state index in [1.165, 1.54) is 76.9 Å². The van der Waals surface area contributed by atoms with Crippen LogP contribution in [0.15, 0.2) is 42.5 Å². The first-order chi connectivity index (χ1) is 18.2. The molecule has 0 saturated heterocycles. The van der Waals surface area contributed by atoms with Gasteiger partial charge in [0, 0.05) is 20.6 Å². The Morgan fingerprint density at radius 1 is 0.892 bits per heavy atom. The van der Waals surface area contributed by atoms with E-state index in [4.69, 9.17) is 10.2 Å². The highest BCUT2D eigenvalue weighted by molar-refractivity contribution is 5.69. The van der Waals surface area contributed by atoms with Crippen LogP contribution in [0.3, 0.4) is 0 Å². The lowest BCUT2D eigenvalue weighted by molar-refractivity contribution is -0.140. The van der Waals surface area contributed by atoms with Crippen LogP contribution in [0.1, 0.15) is 131 Å². The minimum absolute atomic E-state index is 0.121. The summed E-state index contributed by atoms with van der Waals surface area (Å²) in [5.41, 5.74) is 1.50. The van der Waals surface area contributed by atoms with Crippen molar-refractivity contribution in [3.63, 3.8) is 0 Å². The summed E-state index contributed by atoms with van der Waals surface area (Å²) in [6.07, 6.45) is 20.7. The molecule has 0 radical (unpaired) electrons. The van der Waals surface area contributed by atoms with Crippen molar-refractivity contribution in [1.29, 1.82) is 0 Å². The fourth-order valence-electron chi connectivity index (χ4n) is 3.52. The quantitative estimate of drug-likeness (QED) is 0.181. The minimum Gasteiger partial charge on any atom is -0.469 e. The molecule has 0 unspecified atom stereocenters. The number of aliphatic hydroxyl groups is 2. The van der Waals surface area contributed by atoms with Crippen molar-refractivity contribution in [2.24, 2.45) is 5.92 Å². The first-order valence-electron chi connectivity index (χ1n) is 14.8. The van der Waals surface area contributed by atoms with E-state index in [1.54, 1.807) is 0 Å². The lowest BCUT2D eigenvalue weighted by Gasteiger charge is -2.07. The summed E-state index contributed by atoms with van der Waals surface area (Å²) in [7, 11) is 3.41. The van der Waals surface area contributed by atoms with Gasteiger partial charge >= 0.3 is 5.97 Å². The first-order valence-corrected chi connectivity index (χ1v) is 14.8. The average molecular weight is 527 g/mol. The molecular weight excluding hydrogens is 460 g/mol. The molecular formula is C33H66O4. The smallest absolute Gasteiger partial charge is 0.305 e. The van der Waals surface area contributed by atoms with E-state index in [0.717, 1.165) is 33.0 Å². The van der Waals surface area contributed by atoms with Gasteiger partial charge in [-0.2, -0.15) is 0 Å². The van der Waals surface area contributed by atoms with Crippen LogP contribution in [-0.2, 0) is 16.0 Å². The largest absolute Gasteiger partial charge is 0.469 e. The third-order valence-electron chi connectivity index (χ3n) is 5.11. The van der Waals surface area contributed by atoms with Crippen LogP contribution >= 0.6 is 0 Å². The fraction of sp³-hybridized carbons (Fsp3) is 0.727. The Labute approximate surface area is 232 Å². The van der Waals surface area contributed by atoms with Crippen molar-refractivity contribution in [3.8, 4) is 0 Å². The molecule has 1 aliphatic carbocycles. The highest BCUT2D eigenvalue weighted by Gasteiger charge is 2.13. The Balaban J connectivity index is -0.000000140. The first kappa shape index (κ1) is 45.3. The molecule has 1 saturated carbocycles. The molecule has 1 aromatic carbocycles. The number of unbranched alkanes of at least 4 members (excludes halogenated alkanes) is 3. The predicted octanol–water partition coefficient (Wildman–Crippen LogP) is 9.57. The van der Waals surface area contributed by atoms with E-state index in [-0.39, 0.29) is 5.97 Å². The zero-order valence-corrected chi connectivity index (χ0v) is 26.5. The van der Waals surface area contributed by atoms with Crippen LogP contribution < -0.4 is 0 Å². The number of rotatable bonds is 10. The number of methoxy groups -OCH3 is 1. The van der Waals surface area contributed by atoms with Crippen molar-refractivity contribution in [1.82, 2.24) is 0 Å². The molecule has 1 aromatic rings. The maximum atomic E-state index is 10.5. The molecule has 1 fully saturated rings. The molecule has 0 amide bonds. The minimum atomic E-state index is -0.121. The summed E-state index contributed by atoms with van der Waals surface area (Å²) < 4.78 is 4.47. The van der Waals surface area contributed by atoms with Gasteiger partial charge in [-0.05, 0) is 44.1 Å². The van der Waals surface area contributed by atoms with Crippen molar-refractivity contribution in [2.75, 3.05) is 21.3 Å². The number of hydrogen-bond acceptors (Lipinski definition) is 4. The maximum Gasteiger partial charge on any atom is 0.305 e. The number of aliphatic hydroxyl groups excluding tert-OH is 2. The van der Waals surface area contributed by atoms with Gasteiger partial charge in [-0.3, -0.25) is 4.79 Å². The van der Waals surface area contributed by atoms with Gasteiger partial charge in [0.1, 0.15) is 0 Å². The molecule has 0 heterocycles. The summed E-state index contributed by atoms with van der Waals surface area (Å²) in [6.45, 7) is 14.2. The summed E-state index contributed by atoms with van der Waals surface area (Å²) in [6, 6.07) is 10.9. The van der Waals surface area contributed by atoms with Crippen molar-refractivity contribution in [3.05, 3.63) is 48.0 Å². The summed E-state index contributed by atoms with van der Waals surface area (Å²) in [5, 5.41) is 14.0. The van der Waals surface area contributed by atoms with Gasteiger partial charge < -0.3 is 14.9 Å². The molecule has 4 nitrogen and oxygen atoms in total. The van der Waals surface area contributed by atoms with Gasteiger partial charge in [-0.1, -0.05) is 135 Å². The second-order valence-corrected chi connectivity index (χ2v) is 7.98. The van der Waals surface area contributed by atoms with Crippen molar-refractivity contribution >= 4 is 5.97 Å². The van der Waals surface area contributed by atoms with E-state index >= 15 is 0 Å². The van der Waals surface area contributed by atoms with Crippen LogP contribution in [0.4, 0.5) is 0 Å². The van der Waals surface area contributed by atoms with E-state index in [1.807, 2.05) is 46.8 Å². The van der Waals surface area contributed by atoms with Gasteiger partial charge in [0.25, 0.3) is 0 Å². The molecule has 0 atom stereocenters. The maximum absolute atomic E-state index is 10.5.